The summed E-state index contributed by atoms with van der Waals surface area (Å²) < 4.78 is 0. The van der Waals surface area contributed by atoms with Gasteiger partial charge in [-0.2, -0.15) is 0 Å². The van der Waals surface area contributed by atoms with Gasteiger partial charge in [0.15, 0.2) is 0 Å². The molecule has 0 aliphatic heterocycles. The smallest absolute Gasteiger partial charge is 2.00 e. The summed E-state index contributed by atoms with van der Waals surface area (Å²) in [6, 6.07) is 22.5. The molecule has 1 radical (unpaired) electrons. The fourth-order valence-corrected chi connectivity index (χ4v) is 3.38. The second-order valence-electron chi connectivity index (χ2n) is 6.96. The molecule has 0 aliphatic rings. The number of aromatic nitrogens is 2. The van der Waals surface area contributed by atoms with Crippen molar-refractivity contribution in [3.63, 3.8) is 0 Å². The molecule has 0 saturated heterocycles. The summed E-state index contributed by atoms with van der Waals surface area (Å²) in [5.41, 5.74) is 2.44. The molecular formula is C26H16ClN3O4V. The number of hydrogen-bond donors (Lipinski definition) is 0. The van der Waals surface area contributed by atoms with E-state index in [1.54, 1.807) is 24.5 Å². The Morgan fingerprint density at radius 1 is 0.857 bits per heavy atom. The number of para-hydroxylation sites is 1. The van der Waals surface area contributed by atoms with Gasteiger partial charge < -0.3 is 20.5 Å². The van der Waals surface area contributed by atoms with Crippen LogP contribution in [0.25, 0.3) is 21.8 Å². The van der Waals surface area contributed by atoms with Crippen LogP contribution in [0.2, 0.25) is 5.02 Å². The Labute approximate surface area is 218 Å². The van der Waals surface area contributed by atoms with E-state index in [-0.39, 0.29) is 41.0 Å². The van der Waals surface area contributed by atoms with Gasteiger partial charge in [0.1, 0.15) is 0 Å². The van der Waals surface area contributed by atoms with Gasteiger partial charge in [-0.15, -0.1) is 0 Å². The predicted octanol–water partition coefficient (Wildman–Crippen LogP) is 4.19. The molecule has 5 aromatic rings. The Morgan fingerprint density at radius 3 is 2.06 bits per heavy atom. The molecule has 2 aromatic heterocycles. The maximum absolute atomic E-state index is 11.5. The van der Waals surface area contributed by atoms with E-state index < -0.39 is 5.97 Å². The third-order valence-electron chi connectivity index (χ3n) is 4.78. The molecule has 0 atom stereocenters. The van der Waals surface area contributed by atoms with Crippen LogP contribution in [0.1, 0.15) is 15.9 Å². The van der Waals surface area contributed by atoms with Gasteiger partial charge in [0, 0.05) is 40.0 Å². The Hall–Kier alpha value is -3.75. The molecule has 0 fully saturated rings. The number of aromatic carboxylic acids is 1. The van der Waals surface area contributed by atoms with Crippen molar-refractivity contribution < 1.29 is 39.0 Å². The standard InChI is InChI=1S/C14H10ClNO3.C12H8N2.O.V/c15-10-5-6-13(17)9(7-10)8-16-12-4-2-1-3-11(12)14(18)19;1-3-9-5-6-10-4-2-8-14-12(10)11(9)13-7-1;;/h1-8,17H,(H,18,19);1-8H;;/q;;-2;+4/p-2. The number of pyridine rings is 2. The average molecular weight is 521 g/mol. The average Bonchev–Trinajstić information content (AvgIpc) is 2.85. The van der Waals surface area contributed by atoms with Gasteiger partial charge in [-0.1, -0.05) is 65.9 Å². The topological polar surface area (TPSA) is 130 Å². The second-order valence-corrected chi connectivity index (χ2v) is 7.40. The summed E-state index contributed by atoms with van der Waals surface area (Å²) in [5, 5.41) is 25.1. The first kappa shape index (κ1) is 27.5. The van der Waals surface area contributed by atoms with E-state index in [1.165, 1.54) is 36.5 Å². The van der Waals surface area contributed by atoms with E-state index in [0.29, 0.717) is 10.6 Å². The summed E-state index contributed by atoms with van der Waals surface area (Å²) >= 11 is 5.78. The number of halogens is 1. The molecule has 0 saturated carbocycles. The molecule has 0 aliphatic carbocycles. The summed E-state index contributed by atoms with van der Waals surface area (Å²) in [4.78, 5) is 23.6. The van der Waals surface area contributed by atoms with E-state index in [9.17, 15) is 15.0 Å². The largest absolute Gasteiger partial charge is 4.00 e. The normalized spacial score (nSPS) is 10.2. The van der Waals surface area contributed by atoms with E-state index in [2.05, 4.69) is 39.2 Å². The van der Waals surface area contributed by atoms with E-state index >= 15 is 0 Å². The molecule has 35 heavy (non-hydrogen) atoms. The van der Waals surface area contributed by atoms with Crippen molar-refractivity contribution in [2.45, 2.75) is 0 Å². The second kappa shape index (κ2) is 12.6. The van der Waals surface area contributed by atoms with Crippen molar-refractivity contribution in [1.82, 2.24) is 9.97 Å². The van der Waals surface area contributed by atoms with Gasteiger partial charge in [0.2, 0.25) is 0 Å². The van der Waals surface area contributed by atoms with Gasteiger partial charge in [-0.25, -0.2) is 0 Å². The minimum absolute atomic E-state index is 0. The SMILES string of the molecule is O=C([O-])c1ccccc1N=Cc1cc(Cl)ccc1[O-].[O-2].[V+4].c1cnc2c(c1)ccc1cccnc12. The van der Waals surface area contributed by atoms with Crippen LogP contribution in [0, 0.1) is 0 Å². The molecular weight excluding hydrogens is 505 g/mol. The summed E-state index contributed by atoms with van der Waals surface area (Å²) in [6.45, 7) is 0. The molecule has 0 amide bonds. The number of benzene rings is 3. The predicted molar refractivity (Wildman–Crippen MR) is 127 cm³/mol. The van der Waals surface area contributed by atoms with Crippen molar-refractivity contribution in [3.8, 4) is 5.75 Å². The Kier molecular flexibility index (Phi) is 9.93. The third kappa shape index (κ3) is 6.65. The first-order valence-corrected chi connectivity index (χ1v) is 10.3. The van der Waals surface area contributed by atoms with Crippen LogP contribution in [0.4, 0.5) is 5.69 Å². The summed E-state index contributed by atoms with van der Waals surface area (Å²) in [5.74, 6) is -1.56. The van der Waals surface area contributed by atoms with Crippen LogP contribution in [0.5, 0.6) is 5.75 Å². The molecule has 0 bridgehead atoms. The molecule has 0 N–H and O–H groups in total. The minimum Gasteiger partial charge on any atom is -2.00 e. The number of nitrogens with zero attached hydrogens (tertiary/aromatic N) is 3. The van der Waals surface area contributed by atoms with Crippen molar-refractivity contribution in [2.24, 2.45) is 4.99 Å². The first-order chi connectivity index (χ1) is 16.0. The number of carboxylic acids is 1. The minimum atomic E-state index is -1.32. The van der Waals surface area contributed by atoms with Crippen LogP contribution >= 0.6 is 11.6 Å². The fraction of sp³-hybridized carbons (Fsp3) is 0. The molecule has 3 aromatic carbocycles. The van der Waals surface area contributed by atoms with E-state index in [4.69, 9.17) is 11.6 Å². The molecule has 171 valence electrons. The number of rotatable bonds is 3. The van der Waals surface area contributed by atoms with Crippen LogP contribution in [0.15, 0.2) is 96.2 Å². The fourth-order valence-electron chi connectivity index (χ4n) is 3.20. The quantitative estimate of drug-likeness (QED) is 0.260. The maximum atomic E-state index is 11.5. The van der Waals surface area contributed by atoms with Crippen LogP contribution in [-0.2, 0) is 24.0 Å². The molecule has 9 heteroatoms. The van der Waals surface area contributed by atoms with Gasteiger partial charge in [-0.05, 0) is 35.9 Å². The molecule has 0 unspecified atom stereocenters. The van der Waals surface area contributed by atoms with Crippen molar-refractivity contribution in [2.75, 3.05) is 0 Å². The number of carbonyl (C=O) groups is 1. The monoisotopic (exact) mass is 520 g/mol. The van der Waals surface area contributed by atoms with Gasteiger partial charge in [0.05, 0.1) is 22.7 Å². The van der Waals surface area contributed by atoms with Crippen molar-refractivity contribution >= 4 is 51.3 Å². The van der Waals surface area contributed by atoms with Crippen molar-refractivity contribution in [3.05, 3.63) is 107 Å². The van der Waals surface area contributed by atoms with E-state index in [1.807, 2.05) is 12.1 Å². The Bertz CT molecular complexity index is 1440. The molecule has 5 rings (SSSR count). The zero-order chi connectivity index (χ0) is 23.2. The Balaban J connectivity index is 0.000000241. The molecule has 2 heterocycles. The van der Waals surface area contributed by atoms with E-state index in [0.717, 1.165) is 21.8 Å². The Morgan fingerprint density at radius 2 is 1.46 bits per heavy atom. The van der Waals surface area contributed by atoms with Crippen LogP contribution in [0.3, 0.4) is 0 Å². The number of aliphatic imine (C=N–C) groups is 1. The van der Waals surface area contributed by atoms with Gasteiger partial charge >= 0.3 is 18.6 Å². The number of hydrogen-bond acceptors (Lipinski definition) is 6. The molecule has 7 nitrogen and oxygen atoms in total. The zero-order valence-electron chi connectivity index (χ0n) is 18.0. The summed E-state index contributed by atoms with van der Waals surface area (Å²) in [6.07, 6.45) is 4.89. The number of carboxylic acid groups (broad SMARTS) is 1. The zero-order valence-corrected chi connectivity index (χ0v) is 20.2. The van der Waals surface area contributed by atoms with Crippen LogP contribution in [-0.4, -0.2) is 22.2 Å². The van der Waals surface area contributed by atoms with Gasteiger partial charge in [0.25, 0.3) is 0 Å². The first-order valence-electron chi connectivity index (χ1n) is 9.92. The number of carbonyl (C=O) groups excluding carboxylic acids is 1. The molecule has 0 spiro atoms. The van der Waals surface area contributed by atoms with Crippen LogP contribution < -0.4 is 10.2 Å². The maximum Gasteiger partial charge on any atom is 4.00 e. The third-order valence-corrected chi connectivity index (χ3v) is 5.02. The number of fused-ring (bicyclic) bond motifs is 3. The summed E-state index contributed by atoms with van der Waals surface area (Å²) in [7, 11) is 0. The van der Waals surface area contributed by atoms with Crippen molar-refractivity contribution in [1.29, 1.82) is 0 Å². The van der Waals surface area contributed by atoms with Gasteiger partial charge in [-0.3, -0.25) is 15.0 Å².